The Morgan fingerprint density at radius 1 is 0.643 bits per heavy atom. The number of rotatable bonds is 24. The van der Waals surface area contributed by atoms with Crippen LogP contribution in [0.2, 0.25) is 0 Å². The number of unbranched alkanes of at least 4 members (excludes halogenated alkanes) is 1. The van der Waals surface area contributed by atoms with Crippen molar-refractivity contribution in [2.24, 2.45) is 5.92 Å². The molecule has 3 unspecified atom stereocenters. The maximum absolute atomic E-state index is 6.02. The molecular weight excluding hydrogens is 528 g/mol. The summed E-state index contributed by atoms with van der Waals surface area (Å²) in [6.45, 7) is 14.3. The van der Waals surface area contributed by atoms with Crippen molar-refractivity contribution >= 4 is 0 Å². The number of methoxy groups -OCH3 is 4. The lowest BCUT2D eigenvalue weighted by atomic mass is 10.0. The van der Waals surface area contributed by atoms with Gasteiger partial charge in [0.05, 0.1) is 26.4 Å². The Morgan fingerprint density at radius 2 is 1.14 bits per heavy atom. The van der Waals surface area contributed by atoms with E-state index in [1.807, 2.05) is 6.07 Å². The highest BCUT2D eigenvalue weighted by Gasteiger charge is 2.18. The number of hydrogen-bond donors (Lipinski definition) is 2. The molecule has 0 fully saturated rings. The van der Waals surface area contributed by atoms with Gasteiger partial charge in [0.25, 0.3) is 0 Å². The van der Waals surface area contributed by atoms with Gasteiger partial charge in [-0.3, -0.25) is 0 Å². The Labute approximate surface area is 257 Å². The Kier molecular flexibility index (Phi) is 24.3. The minimum atomic E-state index is 0.120. The number of nitrogens with one attached hydrogen (secondary N) is 2. The van der Waals surface area contributed by atoms with Gasteiger partial charge in [0.15, 0.2) is 0 Å². The average molecular weight is 591 g/mol. The topological polar surface area (TPSA) is 55.0 Å². The van der Waals surface area contributed by atoms with Gasteiger partial charge in [0, 0.05) is 46.2 Å². The van der Waals surface area contributed by atoms with Gasteiger partial charge in [-0.1, -0.05) is 93.8 Å². The molecule has 2 aromatic carbocycles. The van der Waals surface area contributed by atoms with Gasteiger partial charge in [-0.15, -0.1) is 0 Å². The van der Waals surface area contributed by atoms with E-state index in [1.165, 1.54) is 46.6 Å². The molecule has 0 saturated heterocycles. The van der Waals surface area contributed by atoms with Crippen LogP contribution in [0.3, 0.4) is 0 Å². The molecule has 7 heteroatoms. The Balaban J connectivity index is 0.000000470. The molecule has 2 aromatic rings. The molecule has 240 valence electrons. The van der Waals surface area contributed by atoms with E-state index in [0.29, 0.717) is 12.5 Å². The van der Waals surface area contributed by atoms with Crippen LogP contribution in [0.25, 0.3) is 0 Å². The Bertz CT molecular complexity index is 819. The summed E-state index contributed by atoms with van der Waals surface area (Å²) >= 11 is 0. The summed E-state index contributed by atoms with van der Waals surface area (Å²) in [5.74, 6) is 0.675. The molecule has 2 rings (SSSR count). The fourth-order valence-electron chi connectivity index (χ4n) is 4.87. The quantitative estimate of drug-likeness (QED) is 0.197. The third-order valence-corrected chi connectivity index (χ3v) is 7.62. The van der Waals surface area contributed by atoms with E-state index in [4.69, 9.17) is 23.7 Å². The van der Waals surface area contributed by atoms with E-state index in [2.05, 4.69) is 68.4 Å². The Hall–Kier alpha value is -1.84. The summed E-state index contributed by atoms with van der Waals surface area (Å²) in [5.41, 5.74) is 2.71. The zero-order valence-corrected chi connectivity index (χ0v) is 27.6. The first kappa shape index (κ1) is 38.2. The fourth-order valence-corrected chi connectivity index (χ4v) is 4.87. The number of benzene rings is 2. The van der Waals surface area contributed by atoms with Crippen molar-refractivity contribution in [3.8, 4) is 0 Å². The highest BCUT2D eigenvalue weighted by Crippen LogP contribution is 2.13. The molecule has 0 saturated carbocycles. The van der Waals surface area contributed by atoms with Crippen LogP contribution in [-0.2, 0) is 36.8 Å². The van der Waals surface area contributed by atoms with E-state index < -0.39 is 0 Å². The molecule has 0 amide bonds. The van der Waals surface area contributed by atoms with Crippen LogP contribution in [0.4, 0.5) is 0 Å². The van der Waals surface area contributed by atoms with Gasteiger partial charge in [-0.25, -0.2) is 0 Å². The average Bonchev–Trinajstić information content (AvgIpc) is 3.03. The van der Waals surface area contributed by atoms with Crippen LogP contribution in [0.1, 0.15) is 50.7 Å². The van der Waals surface area contributed by atoms with Crippen molar-refractivity contribution in [1.29, 1.82) is 0 Å². The monoisotopic (exact) mass is 590 g/mol. The van der Waals surface area contributed by atoms with Crippen molar-refractivity contribution in [3.05, 3.63) is 71.8 Å². The predicted octanol–water partition coefficient (Wildman–Crippen LogP) is 3.33. The van der Waals surface area contributed by atoms with Crippen LogP contribution in [0, 0.1) is 5.92 Å². The molecule has 2 N–H and O–H groups in total. The summed E-state index contributed by atoms with van der Waals surface area (Å²) in [4.78, 5) is 2.96. The molecule has 0 aliphatic carbocycles. The van der Waals surface area contributed by atoms with E-state index in [9.17, 15) is 0 Å². The van der Waals surface area contributed by atoms with Crippen molar-refractivity contribution < 1.29 is 33.5 Å². The van der Waals surface area contributed by atoms with Crippen molar-refractivity contribution in [2.75, 3.05) is 87.7 Å². The first-order chi connectivity index (χ1) is 20.6. The van der Waals surface area contributed by atoms with E-state index >= 15 is 0 Å². The van der Waals surface area contributed by atoms with Crippen LogP contribution in [0.15, 0.2) is 60.7 Å². The van der Waals surface area contributed by atoms with Gasteiger partial charge in [0.2, 0.25) is 0 Å². The van der Waals surface area contributed by atoms with E-state index in [-0.39, 0.29) is 6.10 Å². The molecule has 0 heterocycles. The molecule has 0 aliphatic heterocycles. The molecule has 42 heavy (non-hydrogen) atoms. The SMILES string of the molecule is CCCCC(CC)COCC(C[NH+](CCOC)Cc1ccccc1)OC.COCC[NH+](CCOC)Cc1ccccc1. The fraction of sp³-hybridized carbons (Fsp3) is 0.657. The Morgan fingerprint density at radius 3 is 1.60 bits per heavy atom. The molecule has 0 bridgehead atoms. The lowest BCUT2D eigenvalue weighted by Crippen LogP contribution is -3.12. The first-order valence-electron chi connectivity index (χ1n) is 15.9. The summed E-state index contributed by atoms with van der Waals surface area (Å²) in [6.07, 6.45) is 5.13. The number of ether oxygens (including phenoxy) is 5. The van der Waals surface area contributed by atoms with Gasteiger partial charge in [0.1, 0.15) is 45.4 Å². The summed E-state index contributed by atoms with van der Waals surface area (Å²) < 4.78 is 27.3. The molecular formula is C35H62N2O5+2. The minimum Gasteiger partial charge on any atom is -0.379 e. The molecule has 3 atom stereocenters. The lowest BCUT2D eigenvalue weighted by Gasteiger charge is -2.25. The second kappa shape index (κ2) is 26.8. The second-order valence-corrected chi connectivity index (χ2v) is 11.1. The molecule has 0 radical (unpaired) electrons. The number of hydrogen-bond acceptors (Lipinski definition) is 5. The van der Waals surface area contributed by atoms with Gasteiger partial charge in [-0.05, 0) is 12.3 Å². The lowest BCUT2D eigenvalue weighted by molar-refractivity contribution is -0.917. The van der Waals surface area contributed by atoms with Gasteiger partial charge >= 0.3 is 0 Å². The smallest absolute Gasteiger partial charge is 0.129 e. The molecule has 0 spiro atoms. The standard InChI is InChI=1S/C22H39NO3.C13H21NO2/c1-5-7-11-20(6-2)18-26-19-22(25-4)17-23(14-15-24-3)16-21-12-9-8-10-13-21;1-15-10-8-14(9-11-16-2)12-13-6-4-3-5-7-13/h8-10,12-13,20,22H,5-7,11,14-19H2,1-4H3;3-7H,8-12H2,1-2H3/p+2. The second-order valence-electron chi connectivity index (χ2n) is 11.1. The highest BCUT2D eigenvalue weighted by molar-refractivity contribution is 5.13. The van der Waals surface area contributed by atoms with Crippen molar-refractivity contribution in [1.82, 2.24) is 0 Å². The summed E-state index contributed by atoms with van der Waals surface area (Å²) in [5, 5.41) is 0. The zero-order valence-electron chi connectivity index (χ0n) is 27.6. The maximum Gasteiger partial charge on any atom is 0.129 e. The van der Waals surface area contributed by atoms with Gasteiger partial charge < -0.3 is 33.5 Å². The normalized spacial score (nSPS) is 13.4. The highest BCUT2D eigenvalue weighted by atomic mass is 16.5. The van der Waals surface area contributed by atoms with Crippen LogP contribution in [0.5, 0.6) is 0 Å². The largest absolute Gasteiger partial charge is 0.379 e. The van der Waals surface area contributed by atoms with Crippen LogP contribution >= 0.6 is 0 Å². The first-order valence-corrected chi connectivity index (χ1v) is 15.9. The predicted molar refractivity (Wildman–Crippen MR) is 172 cm³/mol. The van der Waals surface area contributed by atoms with Crippen LogP contribution < -0.4 is 9.80 Å². The third-order valence-electron chi connectivity index (χ3n) is 7.62. The van der Waals surface area contributed by atoms with Crippen molar-refractivity contribution in [2.45, 2.75) is 58.7 Å². The minimum absolute atomic E-state index is 0.120. The van der Waals surface area contributed by atoms with Crippen LogP contribution in [-0.4, -0.2) is 93.8 Å². The van der Waals surface area contributed by atoms with E-state index in [0.717, 1.165) is 65.7 Å². The molecule has 0 aliphatic rings. The van der Waals surface area contributed by atoms with E-state index in [1.54, 1.807) is 28.4 Å². The zero-order chi connectivity index (χ0) is 30.7. The summed E-state index contributed by atoms with van der Waals surface area (Å²) in [6, 6.07) is 21.2. The van der Waals surface area contributed by atoms with Gasteiger partial charge in [-0.2, -0.15) is 0 Å². The molecule has 7 nitrogen and oxygen atoms in total. The maximum atomic E-state index is 6.02. The third kappa shape index (κ3) is 19.4. The molecule has 0 aromatic heterocycles. The number of quaternary nitrogens is 2. The summed E-state index contributed by atoms with van der Waals surface area (Å²) in [7, 11) is 7.05. The van der Waals surface area contributed by atoms with Crippen molar-refractivity contribution in [3.63, 3.8) is 0 Å².